The van der Waals surface area contributed by atoms with E-state index < -0.39 is 0 Å². The Labute approximate surface area is 120 Å². The van der Waals surface area contributed by atoms with Crippen molar-refractivity contribution in [2.75, 3.05) is 7.11 Å². The van der Waals surface area contributed by atoms with Crippen molar-refractivity contribution in [2.45, 2.75) is 37.5 Å². The Kier molecular flexibility index (Phi) is 2.70. The van der Waals surface area contributed by atoms with E-state index in [0.717, 1.165) is 5.92 Å². The quantitative estimate of drug-likeness (QED) is 0.768. The average Bonchev–Trinajstić information content (AvgIpc) is 2.47. The van der Waals surface area contributed by atoms with E-state index >= 15 is 0 Å². The third-order valence-corrected chi connectivity index (χ3v) is 6.13. The first kappa shape index (κ1) is 12.4. The number of hydrogen-bond donors (Lipinski definition) is 0. The maximum absolute atomic E-state index is 12.1. The van der Waals surface area contributed by atoms with Crippen LogP contribution in [0.5, 0.6) is 0 Å². The van der Waals surface area contributed by atoms with Crippen LogP contribution in [0.1, 0.15) is 37.7 Å². The predicted molar refractivity (Wildman–Crippen MR) is 77.2 cm³/mol. The monoisotopic (exact) mass is 270 g/mol. The van der Waals surface area contributed by atoms with Crippen molar-refractivity contribution in [1.29, 1.82) is 0 Å². The smallest absolute Gasteiger partial charge is 0.309 e. The molecule has 0 amide bonds. The van der Waals surface area contributed by atoms with Gasteiger partial charge in [-0.15, -0.1) is 0 Å². The number of esters is 1. The molecule has 106 valence electrons. The van der Waals surface area contributed by atoms with Crippen molar-refractivity contribution in [3.8, 4) is 0 Å². The second kappa shape index (κ2) is 4.34. The van der Waals surface area contributed by atoms with Gasteiger partial charge in [-0.1, -0.05) is 30.3 Å². The molecule has 1 aromatic carbocycles. The van der Waals surface area contributed by atoms with Gasteiger partial charge in [-0.05, 0) is 60.8 Å². The van der Waals surface area contributed by atoms with Crippen molar-refractivity contribution in [3.63, 3.8) is 0 Å². The fourth-order valence-electron chi connectivity index (χ4n) is 5.69. The summed E-state index contributed by atoms with van der Waals surface area (Å²) in [7, 11) is 1.54. The van der Waals surface area contributed by atoms with Crippen molar-refractivity contribution >= 4 is 5.97 Å². The summed E-state index contributed by atoms with van der Waals surface area (Å²) >= 11 is 0. The lowest BCUT2D eigenvalue weighted by molar-refractivity contribution is -0.161. The molecule has 2 heteroatoms. The molecule has 0 saturated heterocycles. The van der Waals surface area contributed by atoms with Crippen LogP contribution in [0, 0.1) is 23.7 Å². The fraction of sp³-hybridized carbons (Fsp3) is 0.611. The minimum atomic E-state index is 0.0435. The van der Waals surface area contributed by atoms with E-state index in [1.165, 1.54) is 37.7 Å². The van der Waals surface area contributed by atoms with Gasteiger partial charge in [0.2, 0.25) is 0 Å². The van der Waals surface area contributed by atoms with Gasteiger partial charge >= 0.3 is 5.97 Å². The second-order valence-electron chi connectivity index (χ2n) is 7.17. The number of carbonyl (C=O) groups is 1. The highest BCUT2D eigenvalue weighted by atomic mass is 16.5. The molecule has 20 heavy (non-hydrogen) atoms. The minimum Gasteiger partial charge on any atom is -0.469 e. The molecule has 0 aliphatic heterocycles. The van der Waals surface area contributed by atoms with E-state index in [9.17, 15) is 4.79 Å². The molecule has 4 saturated carbocycles. The van der Waals surface area contributed by atoms with Gasteiger partial charge in [-0.3, -0.25) is 4.79 Å². The van der Waals surface area contributed by atoms with Crippen LogP contribution in [-0.2, 0) is 14.9 Å². The Morgan fingerprint density at radius 3 is 2.35 bits per heavy atom. The lowest BCUT2D eigenvalue weighted by atomic mass is 9.45. The van der Waals surface area contributed by atoms with Crippen LogP contribution in [0.15, 0.2) is 30.3 Å². The Morgan fingerprint density at radius 2 is 1.75 bits per heavy atom. The molecular formula is C18H22O2. The second-order valence-corrected chi connectivity index (χ2v) is 7.17. The molecule has 4 aliphatic rings. The molecule has 0 N–H and O–H groups in total. The molecular weight excluding hydrogens is 248 g/mol. The Hall–Kier alpha value is -1.31. The molecule has 4 bridgehead atoms. The summed E-state index contributed by atoms with van der Waals surface area (Å²) < 4.78 is 5.08. The van der Waals surface area contributed by atoms with Crippen LogP contribution in [0.2, 0.25) is 0 Å². The molecule has 2 atom stereocenters. The maximum Gasteiger partial charge on any atom is 0.309 e. The highest BCUT2D eigenvalue weighted by molar-refractivity contribution is 5.73. The van der Waals surface area contributed by atoms with Crippen LogP contribution < -0.4 is 0 Å². The molecule has 0 radical (unpaired) electrons. The first-order valence-electron chi connectivity index (χ1n) is 7.85. The summed E-state index contributed by atoms with van der Waals surface area (Å²) in [5, 5.41) is 0. The largest absolute Gasteiger partial charge is 0.469 e. The van der Waals surface area contributed by atoms with E-state index in [2.05, 4.69) is 30.3 Å². The molecule has 0 spiro atoms. The molecule has 0 heterocycles. The van der Waals surface area contributed by atoms with E-state index in [1.54, 1.807) is 7.11 Å². The number of benzene rings is 1. The van der Waals surface area contributed by atoms with Gasteiger partial charge < -0.3 is 4.74 Å². The molecule has 5 rings (SSSR count). The number of carbonyl (C=O) groups excluding carboxylic acids is 1. The highest BCUT2D eigenvalue weighted by Gasteiger charge is 2.57. The van der Waals surface area contributed by atoms with Gasteiger partial charge in [0, 0.05) is 0 Å². The normalized spacial score (nSPS) is 41.6. The van der Waals surface area contributed by atoms with E-state index in [-0.39, 0.29) is 11.9 Å². The predicted octanol–water partition coefficient (Wildman–Crippen LogP) is 3.55. The Morgan fingerprint density at radius 1 is 1.10 bits per heavy atom. The summed E-state index contributed by atoms with van der Waals surface area (Å²) in [4.78, 5) is 12.1. The standard InChI is InChI=1S/C18H22O2/c1-20-17(19)16-13-7-12-8-14(16)11-18(9-12,10-13)15-5-3-2-4-6-15/h2-6,12-14,16H,7-11H2,1H3. The van der Waals surface area contributed by atoms with Gasteiger partial charge in [-0.2, -0.15) is 0 Å². The molecule has 0 aromatic heterocycles. The molecule has 2 nitrogen and oxygen atoms in total. The van der Waals surface area contributed by atoms with Crippen molar-refractivity contribution in [1.82, 2.24) is 0 Å². The van der Waals surface area contributed by atoms with Crippen LogP contribution >= 0.6 is 0 Å². The molecule has 4 aliphatic carbocycles. The van der Waals surface area contributed by atoms with Crippen molar-refractivity contribution in [2.24, 2.45) is 23.7 Å². The topological polar surface area (TPSA) is 26.3 Å². The van der Waals surface area contributed by atoms with Crippen LogP contribution in [0.4, 0.5) is 0 Å². The summed E-state index contributed by atoms with van der Waals surface area (Å²) in [6.07, 6.45) is 6.18. The van der Waals surface area contributed by atoms with Crippen LogP contribution in [-0.4, -0.2) is 13.1 Å². The van der Waals surface area contributed by atoms with E-state index in [4.69, 9.17) is 4.74 Å². The number of ether oxygens (including phenoxy) is 1. The van der Waals surface area contributed by atoms with Gasteiger partial charge in [0.05, 0.1) is 13.0 Å². The number of rotatable bonds is 2. The first-order chi connectivity index (χ1) is 9.72. The lowest BCUT2D eigenvalue weighted by Crippen LogP contribution is -2.55. The zero-order chi connectivity index (χ0) is 13.7. The molecule has 4 fully saturated rings. The number of methoxy groups -OCH3 is 1. The van der Waals surface area contributed by atoms with Gasteiger partial charge in [0.1, 0.15) is 0 Å². The summed E-state index contributed by atoms with van der Waals surface area (Å²) in [6, 6.07) is 11.0. The van der Waals surface area contributed by atoms with Crippen LogP contribution in [0.25, 0.3) is 0 Å². The SMILES string of the molecule is COC(=O)C1C2CC3CC1CC(c1ccccc1)(C3)C2. The van der Waals surface area contributed by atoms with E-state index in [0.29, 0.717) is 17.3 Å². The van der Waals surface area contributed by atoms with E-state index in [1.807, 2.05) is 0 Å². The Bertz CT molecular complexity index is 505. The van der Waals surface area contributed by atoms with Gasteiger partial charge in [0.25, 0.3) is 0 Å². The Balaban J connectivity index is 1.70. The summed E-state index contributed by atoms with van der Waals surface area (Å²) in [5.74, 6) is 2.15. The van der Waals surface area contributed by atoms with Gasteiger partial charge in [-0.25, -0.2) is 0 Å². The zero-order valence-corrected chi connectivity index (χ0v) is 12.0. The third-order valence-electron chi connectivity index (χ3n) is 6.13. The maximum atomic E-state index is 12.1. The lowest BCUT2D eigenvalue weighted by Gasteiger charge is -2.59. The molecule has 1 aromatic rings. The average molecular weight is 270 g/mol. The van der Waals surface area contributed by atoms with Crippen molar-refractivity contribution < 1.29 is 9.53 Å². The molecule has 2 unspecified atom stereocenters. The fourth-order valence-corrected chi connectivity index (χ4v) is 5.69. The minimum absolute atomic E-state index is 0.0435. The zero-order valence-electron chi connectivity index (χ0n) is 12.0. The first-order valence-corrected chi connectivity index (χ1v) is 7.85. The van der Waals surface area contributed by atoms with Gasteiger partial charge in [0.15, 0.2) is 0 Å². The number of hydrogen-bond acceptors (Lipinski definition) is 2. The van der Waals surface area contributed by atoms with Crippen molar-refractivity contribution in [3.05, 3.63) is 35.9 Å². The summed E-state index contributed by atoms with van der Waals surface area (Å²) in [6.45, 7) is 0. The summed E-state index contributed by atoms with van der Waals surface area (Å²) in [5.41, 5.74) is 1.85. The highest BCUT2D eigenvalue weighted by Crippen LogP contribution is 2.62. The third kappa shape index (κ3) is 1.66. The van der Waals surface area contributed by atoms with Crippen LogP contribution in [0.3, 0.4) is 0 Å².